The molecule has 1 heterocycles. The van der Waals surface area contributed by atoms with Gasteiger partial charge in [0.2, 0.25) is 0 Å². The molecule has 1 aromatic heterocycles. The number of aromatic nitrogens is 1. The summed E-state index contributed by atoms with van der Waals surface area (Å²) in [5, 5.41) is 19.1. The average molecular weight is 298 g/mol. The fourth-order valence-electron chi connectivity index (χ4n) is 2.10. The number of phenolic OH excluding ortho intramolecular Hbond substituents is 2. The molecule has 3 nitrogen and oxygen atoms in total. The Morgan fingerprint density at radius 1 is 0.714 bits per heavy atom. The molecule has 4 heteroatoms. The molecule has 0 atom stereocenters. The van der Waals surface area contributed by atoms with Crippen LogP contribution in [0, 0.1) is 0 Å². The lowest BCUT2D eigenvalue weighted by molar-refractivity contribution is 0.475. The van der Waals surface area contributed by atoms with Crippen LogP contribution >= 0.6 is 11.6 Å². The number of pyridine rings is 1. The van der Waals surface area contributed by atoms with Crippen LogP contribution in [0.3, 0.4) is 0 Å². The maximum atomic E-state index is 9.48. The molecule has 0 amide bonds. The van der Waals surface area contributed by atoms with Gasteiger partial charge in [0, 0.05) is 23.5 Å². The fraction of sp³-hybridized carbons (Fsp3) is 0. The van der Waals surface area contributed by atoms with Crippen molar-refractivity contribution < 1.29 is 10.2 Å². The van der Waals surface area contributed by atoms with E-state index >= 15 is 0 Å². The minimum Gasteiger partial charge on any atom is -0.508 e. The average Bonchev–Trinajstić information content (AvgIpc) is 2.51. The third kappa shape index (κ3) is 2.83. The van der Waals surface area contributed by atoms with Crippen molar-refractivity contribution in [1.29, 1.82) is 0 Å². The zero-order valence-electron chi connectivity index (χ0n) is 11.0. The van der Waals surface area contributed by atoms with E-state index in [9.17, 15) is 10.2 Å². The molecular formula is C17H12ClNO2. The van der Waals surface area contributed by atoms with E-state index in [1.807, 2.05) is 18.2 Å². The monoisotopic (exact) mass is 297 g/mol. The number of rotatable bonds is 2. The zero-order chi connectivity index (χ0) is 14.8. The second-order valence-corrected chi connectivity index (χ2v) is 5.08. The van der Waals surface area contributed by atoms with Gasteiger partial charge < -0.3 is 10.2 Å². The van der Waals surface area contributed by atoms with Gasteiger partial charge in [-0.25, -0.2) is 0 Å². The molecule has 0 spiro atoms. The second-order valence-electron chi connectivity index (χ2n) is 4.68. The van der Waals surface area contributed by atoms with Crippen LogP contribution in [0.2, 0.25) is 5.02 Å². The summed E-state index contributed by atoms with van der Waals surface area (Å²) in [5.74, 6) is 0.288. The minimum absolute atomic E-state index is 0.0584. The standard InChI is InChI=1S/C17H12ClNO2/c18-16-8-12(3-6-17(16)21)14-7-13(9-19-10-14)11-1-4-15(20)5-2-11/h1-10,20-21H. The van der Waals surface area contributed by atoms with Crippen LogP contribution in [0.25, 0.3) is 22.3 Å². The predicted octanol–water partition coefficient (Wildman–Crippen LogP) is 4.48. The number of hydrogen-bond acceptors (Lipinski definition) is 3. The Hall–Kier alpha value is -2.52. The smallest absolute Gasteiger partial charge is 0.134 e. The van der Waals surface area contributed by atoms with Gasteiger partial charge in [-0.3, -0.25) is 4.98 Å². The number of halogens is 1. The van der Waals surface area contributed by atoms with E-state index in [2.05, 4.69) is 4.98 Å². The van der Waals surface area contributed by atoms with Crippen molar-refractivity contribution in [1.82, 2.24) is 4.98 Å². The summed E-state index contributed by atoms with van der Waals surface area (Å²) in [6.45, 7) is 0. The van der Waals surface area contributed by atoms with Crippen LogP contribution in [-0.4, -0.2) is 15.2 Å². The lowest BCUT2D eigenvalue weighted by atomic mass is 10.0. The van der Waals surface area contributed by atoms with Gasteiger partial charge in [0.15, 0.2) is 0 Å². The minimum atomic E-state index is 0.0584. The number of benzene rings is 2. The van der Waals surface area contributed by atoms with E-state index in [0.717, 1.165) is 22.3 Å². The van der Waals surface area contributed by atoms with E-state index in [4.69, 9.17) is 11.6 Å². The topological polar surface area (TPSA) is 53.4 Å². The third-order valence-corrected chi connectivity index (χ3v) is 3.52. The third-order valence-electron chi connectivity index (χ3n) is 3.22. The summed E-state index contributed by atoms with van der Waals surface area (Å²) in [4.78, 5) is 4.24. The van der Waals surface area contributed by atoms with E-state index in [1.54, 1.807) is 42.7 Å². The molecule has 0 aliphatic carbocycles. The van der Waals surface area contributed by atoms with Gasteiger partial charge in [0.25, 0.3) is 0 Å². The van der Waals surface area contributed by atoms with E-state index in [-0.39, 0.29) is 11.5 Å². The van der Waals surface area contributed by atoms with Crippen molar-refractivity contribution in [3.8, 4) is 33.8 Å². The highest BCUT2D eigenvalue weighted by atomic mass is 35.5. The maximum absolute atomic E-state index is 9.48. The molecule has 104 valence electrons. The maximum Gasteiger partial charge on any atom is 0.134 e. The lowest BCUT2D eigenvalue weighted by Gasteiger charge is -2.07. The fourth-order valence-corrected chi connectivity index (χ4v) is 2.28. The van der Waals surface area contributed by atoms with Crippen LogP contribution in [0.5, 0.6) is 11.5 Å². The van der Waals surface area contributed by atoms with Crippen molar-refractivity contribution in [2.24, 2.45) is 0 Å². The molecule has 2 aromatic carbocycles. The van der Waals surface area contributed by atoms with Gasteiger partial charge in [-0.05, 0) is 41.5 Å². The van der Waals surface area contributed by atoms with Gasteiger partial charge in [-0.15, -0.1) is 0 Å². The predicted molar refractivity (Wildman–Crippen MR) is 83.4 cm³/mol. The summed E-state index contributed by atoms with van der Waals surface area (Å²) in [5.41, 5.74) is 3.69. The van der Waals surface area contributed by atoms with Crippen molar-refractivity contribution in [3.05, 3.63) is 65.9 Å². The Bertz CT molecular complexity index is 785. The van der Waals surface area contributed by atoms with Crippen molar-refractivity contribution >= 4 is 11.6 Å². The summed E-state index contributed by atoms with van der Waals surface area (Å²) in [7, 11) is 0. The summed E-state index contributed by atoms with van der Waals surface area (Å²) >= 11 is 5.94. The van der Waals surface area contributed by atoms with Crippen molar-refractivity contribution in [2.45, 2.75) is 0 Å². The highest BCUT2D eigenvalue weighted by Crippen LogP contribution is 2.31. The highest BCUT2D eigenvalue weighted by molar-refractivity contribution is 6.32. The number of aromatic hydroxyl groups is 2. The van der Waals surface area contributed by atoms with Crippen LogP contribution in [-0.2, 0) is 0 Å². The Morgan fingerprint density at radius 3 is 2.00 bits per heavy atom. The van der Waals surface area contributed by atoms with Crippen LogP contribution in [0.15, 0.2) is 60.9 Å². The molecule has 21 heavy (non-hydrogen) atoms. The van der Waals surface area contributed by atoms with Gasteiger partial charge in [0.05, 0.1) is 5.02 Å². The molecule has 2 N–H and O–H groups in total. The van der Waals surface area contributed by atoms with Crippen LogP contribution < -0.4 is 0 Å². The van der Waals surface area contributed by atoms with E-state index < -0.39 is 0 Å². The molecule has 0 saturated heterocycles. The van der Waals surface area contributed by atoms with Gasteiger partial charge >= 0.3 is 0 Å². The molecule has 0 aliphatic rings. The quantitative estimate of drug-likeness (QED) is 0.733. The van der Waals surface area contributed by atoms with Crippen molar-refractivity contribution in [3.63, 3.8) is 0 Å². The summed E-state index contributed by atoms with van der Waals surface area (Å²) in [6.07, 6.45) is 3.50. The first-order valence-electron chi connectivity index (χ1n) is 6.37. The van der Waals surface area contributed by atoms with Crippen LogP contribution in [0.4, 0.5) is 0 Å². The first-order valence-corrected chi connectivity index (χ1v) is 6.74. The van der Waals surface area contributed by atoms with Gasteiger partial charge in [0.1, 0.15) is 11.5 Å². The van der Waals surface area contributed by atoms with E-state index in [0.29, 0.717) is 5.02 Å². The van der Waals surface area contributed by atoms with Crippen molar-refractivity contribution in [2.75, 3.05) is 0 Å². The normalized spacial score (nSPS) is 10.5. The Kier molecular flexibility index (Phi) is 3.50. The summed E-state index contributed by atoms with van der Waals surface area (Å²) in [6, 6.07) is 14.0. The first-order chi connectivity index (χ1) is 10.1. The number of phenols is 2. The highest BCUT2D eigenvalue weighted by Gasteiger charge is 2.05. The Labute approximate surface area is 127 Å². The first kappa shape index (κ1) is 13.5. The molecule has 0 unspecified atom stereocenters. The Morgan fingerprint density at radius 2 is 1.33 bits per heavy atom. The molecule has 0 saturated carbocycles. The molecule has 3 aromatic rings. The lowest BCUT2D eigenvalue weighted by Crippen LogP contribution is -1.84. The van der Waals surface area contributed by atoms with Gasteiger partial charge in [-0.2, -0.15) is 0 Å². The Balaban J connectivity index is 2.03. The molecule has 0 fully saturated rings. The molecule has 0 aliphatic heterocycles. The summed E-state index contributed by atoms with van der Waals surface area (Å²) < 4.78 is 0. The largest absolute Gasteiger partial charge is 0.508 e. The van der Waals surface area contributed by atoms with Gasteiger partial charge in [-0.1, -0.05) is 29.8 Å². The number of hydrogen-bond donors (Lipinski definition) is 2. The van der Waals surface area contributed by atoms with Crippen LogP contribution in [0.1, 0.15) is 0 Å². The SMILES string of the molecule is Oc1ccc(-c2cncc(-c3ccc(O)c(Cl)c3)c2)cc1. The van der Waals surface area contributed by atoms with E-state index in [1.165, 1.54) is 0 Å². The number of nitrogens with zero attached hydrogens (tertiary/aromatic N) is 1. The molecular weight excluding hydrogens is 286 g/mol. The second kappa shape index (κ2) is 5.46. The molecule has 0 radical (unpaired) electrons. The molecule has 0 bridgehead atoms. The molecule has 3 rings (SSSR count). The zero-order valence-corrected chi connectivity index (χ0v) is 11.7.